The summed E-state index contributed by atoms with van der Waals surface area (Å²) >= 11 is 1.87. The van der Waals surface area contributed by atoms with Gasteiger partial charge in [-0.25, -0.2) is 4.79 Å². The summed E-state index contributed by atoms with van der Waals surface area (Å²) in [6.45, 7) is 1.49. The molecule has 0 saturated carbocycles. The lowest BCUT2D eigenvalue weighted by Crippen LogP contribution is -2.41. The number of carboxylic acid groups (broad SMARTS) is 1. The van der Waals surface area contributed by atoms with E-state index in [9.17, 15) is 9.59 Å². The van der Waals surface area contributed by atoms with Crippen LogP contribution < -0.4 is 10.6 Å². The van der Waals surface area contributed by atoms with Gasteiger partial charge in [0.1, 0.15) is 0 Å². The number of aromatic carboxylic acids is 1. The van der Waals surface area contributed by atoms with E-state index in [4.69, 9.17) is 5.11 Å². The van der Waals surface area contributed by atoms with Crippen molar-refractivity contribution in [1.82, 2.24) is 10.6 Å². The van der Waals surface area contributed by atoms with Gasteiger partial charge in [-0.2, -0.15) is 11.8 Å². The molecule has 0 aromatic heterocycles. The molecular weight excluding hydrogens is 288 g/mol. The largest absolute Gasteiger partial charge is 0.478 e. The fraction of sp³-hybridized carbons (Fsp3) is 0.467. The maximum atomic E-state index is 11.8. The van der Waals surface area contributed by atoms with E-state index < -0.39 is 5.97 Å². The van der Waals surface area contributed by atoms with E-state index in [-0.39, 0.29) is 17.5 Å². The predicted molar refractivity (Wildman–Crippen MR) is 83.8 cm³/mol. The Kier molecular flexibility index (Phi) is 6.07. The maximum Gasteiger partial charge on any atom is 0.335 e. The third-order valence-corrected chi connectivity index (χ3v) is 4.47. The van der Waals surface area contributed by atoms with Crippen molar-refractivity contribution in [3.8, 4) is 0 Å². The number of nitrogens with one attached hydrogen (secondary N) is 2. The summed E-state index contributed by atoms with van der Waals surface area (Å²) in [5.74, 6) is 1.21. The topological polar surface area (TPSA) is 78.4 Å². The Balaban J connectivity index is 1.72. The zero-order valence-electron chi connectivity index (χ0n) is 11.8. The van der Waals surface area contributed by atoms with Gasteiger partial charge in [0.25, 0.3) is 0 Å². The lowest BCUT2D eigenvalue weighted by molar-refractivity contribution is -0.121. The number of amides is 1. The molecule has 1 amide bonds. The van der Waals surface area contributed by atoms with Gasteiger partial charge in [0.2, 0.25) is 5.91 Å². The molecule has 1 atom stereocenters. The molecule has 3 N–H and O–H groups in total. The van der Waals surface area contributed by atoms with Crippen molar-refractivity contribution in [2.75, 3.05) is 24.6 Å². The molecular formula is C15H20N2O3S. The fourth-order valence-corrected chi connectivity index (χ4v) is 3.20. The van der Waals surface area contributed by atoms with E-state index in [1.807, 2.05) is 17.8 Å². The van der Waals surface area contributed by atoms with E-state index in [0.29, 0.717) is 19.4 Å². The Bertz CT molecular complexity index is 501. The minimum atomic E-state index is -0.929. The number of thioether (sulfide) groups is 1. The molecule has 114 valence electrons. The molecule has 6 heteroatoms. The van der Waals surface area contributed by atoms with Crippen molar-refractivity contribution in [3.05, 3.63) is 35.4 Å². The van der Waals surface area contributed by atoms with Crippen LogP contribution in [-0.4, -0.2) is 47.6 Å². The molecule has 21 heavy (non-hydrogen) atoms. The van der Waals surface area contributed by atoms with Crippen LogP contribution in [0, 0.1) is 0 Å². The molecule has 1 aromatic rings. The number of carbonyl (C=O) groups excluding carboxylic acids is 1. The van der Waals surface area contributed by atoms with E-state index in [0.717, 1.165) is 23.6 Å². The van der Waals surface area contributed by atoms with Crippen molar-refractivity contribution < 1.29 is 14.7 Å². The molecule has 0 aliphatic carbocycles. The number of carbonyl (C=O) groups is 2. The van der Waals surface area contributed by atoms with Gasteiger partial charge in [-0.15, -0.1) is 0 Å². The van der Waals surface area contributed by atoms with Crippen LogP contribution in [0.5, 0.6) is 0 Å². The average molecular weight is 308 g/mol. The SMILES string of the molecule is O=C(CC1CSCCN1)NCCc1cccc(C(=O)O)c1. The van der Waals surface area contributed by atoms with Gasteiger partial charge in [-0.05, 0) is 24.1 Å². The highest BCUT2D eigenvalue weighted by Crippen LogP contribution is 2.10. The van der Waals surface area contributed by atoms with Crippen LogP contribution >= 0.6 is 11.8 Å². The number of rotatable bonds is 6. The summed E-state index contributed by atoms with van der Waals surface area (Å²) < 4.78 is 0. The second-order valence-corrected chi connectivity index (χ2v) is 6.19. The van der Waals surface area contributed by atoms with Crippen LogP contribution in [-0.2, 0) is 11.2 Å². The second kappa shape index (κ2) is 8.05. The first-order chi connectivity index (χ1) is 10.1. The highest BCUT2D eigenvalue weighted by molar-refractivity contribution is 7.99. The van der Waals surface area contributed by atoms with Gasteiger partial charge < -0.3 is 15.7 Å². The van der Waals surface area contributed by atoms with Crippen LogP contribution in [0.1, 0.15) is 22.3 Å². The standard InChI is InChI=1S/C15H20N2O3S/c18-14(9-13-10-21-7-6-16-13)17-5-4-11-2-1-3-12(8-11)15(19)20/h1-3,8,13,16H,4-7,9-10H2,(H,17,18)(H,19,20). The molecule has 1 aromatic carbocycles. The first kappa shape index (κ1) is 15.9. The zero-order valence-corrected chi connectivity index (χ0v) is 12.6. The van der Waals surface area contributed by atoms with Crippen LogP contribution in [0.15, 0.2) is 24.3 Å². The Labute approximate surface area is 128 Å². The Morgan fingerprint density at radius 1 is 1.43 bits per heavy atom. The molecule has 1 heterocycles. The monoisotopic (exact) mass is 308 g/mol. The van der Waals surface area contributed by atoms with Crippen molar-refractivity contribution in [1.29, 1.82) is 0 Å². The quantitative estimate of drug-likeness (QED) is 0.734. The predicted octanol–water partition coefficient (Wildman–Crippen LogP) is 1.14. The first-order valence-electron chi connectivity index (χ1n) is 7.05. The summed E-state index contributed by atoms with van der Waals surface area (Å²) in [7, 11) is 0. The number of carboxylic acids is 1. The Morgan fingerprint density at radius 3 is 3.00 bits per heavy atom. The molecule has 2 rings (SSSR count). The van der Waals surface area contributed by atoms with E-state index in [1.54, 1.807) is 18.2 Å². The summed E-state index contributed by atoms with van der Waals surface area (Å²) in [5.41, 5.74) is 1.20. The molecule has 0 bridgehead atoms. The fourth-order valence-electron chi connectivity index (χ4n) is 2.25. The van der Waals surface area contributed by atoms with Gasteiger partial charge in [0, 0.05) is 37.1 Å². The number of hydrogen-bond donors (Lipinski definition) is 3. The van der Waals surface area contributed by atoms with Gasteiger partial charge >= 0.3 is 5.97 Å². The number of hydrogen-bond acceptors (Lipinski definition) is 4. The lowest BCUT2D eigenvalue weighted by atomic mass is 10.1. The first-order valence-corrected chi connectivity index (χ1v) is 8.20. The smallest absolute Gasteiger partial charge is 0.335 e. The molecule has 0 spiro atoms. The van der Waals surface area contributed by atoms with Crippen molar-refractivity contribution in [2.24, 2.45) is 0 Å². The Morgan fingerprint density at radius 2 is 2.29 bits per heavy atom. The molecule has 1 fully saturated rings. The van der Waals surface area contributed by atoms with Gasteiger partial charge in [-0.1, -0.05) is 12.1 Å². The van der Waals surface area contributed by atoms with Crippen LogP contribution in [0.4, 0.5) is 0 Å². The van der Waals surface area contributed by atoms with Gasteiger partial charge in [0.05, 0.1) is 5.56 Å². The van der Waals surface area contributed by atoms with Gasteiger partial charge in [-0.3, -0.25) is 4.79 Å². The molecule has 0 radical (unpaired) electrons. The summed E-state index contributed by atoms with van der Waals surface area (Å²) in [4.78, 5) is 22.7. The Hall–Kier alpha value is -1.53. The van der Waals surface area contributed by atoms with E-state index in [1.165, 1.54) is 0 Å². The second-order valence-electron chi connectivity index (χ2n) is 5.04. The average Bonchev–Trinajstić information content (AvgIpc) is 2.48. The summed E-state index contributed by atoms with van der Waals surface area (Å²) in [6.07, 6.45) is 1.14. The van der Waals surface area contributed by atoms with Crippen molar-refractivity contribution in [2.45, 2.75) is 18.9 Å². The zero-order chi connectivity index (χ0) is 15.1. The molecule has 1 aliphatic rings. The highest BCUT2D eigenvalue weighted by atomic mass is 32.2. The third kappa shape index (κ3) is 5.40. The minimum absolute atomic E-state index is 0.0457. The minimum Gasteiger partial charge on any atom is -0.478 e. The van der Waals surface area contributed by atoms with E-state index in [2.05, 4.69) is 10.6 Å². The summed E-state index contributed by atoms with van der Waals surface area (Å²) in [6, 6.07) is 7.07. The van der Waals surface area contributed by atoms with E-state index >= 15 is 0 Å². The third-order valence-electron chi connectivity index (χ3n) is 3.34. The normalized spacial score (nSPS) is 18.2. The molecule has 1 saturated heterocycles. The summed E-state index contributed by atoms with van der Waals surface area (Å²) in [5, 5.41) is 15.1. The highest BCUT2D eigenvalue weighted by Gasteiger charge is 2.16. The van der Waals surface area contributed by atoms with Crippen LogP contribution in [0.2, 0.25) is 0 Å². The molecule has 1 unspecified atom stereocenters. The maximum absolute atomic E-state index is 11.8. The molecule has 1 aliphatic heterocycles. The van der Waals surface area contributed by atoms with Crippen molar-refractivity contribution in [3.63, 3.8) is 0 Å². The molecule has 5 nitrogen and oxygen atoms in total. The van der Waals surface area contributed by atoms with Gasteiger partial charge in [0.15, 0.2) is 0 Å². The van der Waals surface area contributed by atoms with Crippen LogP contribution in [0.25, 0.3) is 0 Å². The lowest BCUT2D eigenvalue weighted by Gasteiger charge is -2.22. The van der Waals surface area contributed by atoms with Crippen LogP contribution in [0.3, 0.4) is 0 Å². The van der Waals surface area contributed by atoms with Crippen molar-refractivity contribution >= 4 is 23.6 Å². The number of benzene rings is 1.